The summed E-state index contributed by atoms with van der Waals surface area (Å²) in [5.74, 6) is 0.175. The van der Waals surface area contributed by atoms with Crippen LogP contribution in [0.3, 0.4) is 0 Å². The number of nitrogens with zero attached hydrogens (tertiary/aromatic N) is 2. The fraction of sp³-hybridized carbons (Fsp3) is 0.429. The Balaban J connectivity index is 2.50. The summed E-state index contributed by atoms with van der Waals surface area (Å²) < 4.78 is 23.7. The van der Waals surface area contributed by atoms with Gasteiger partial charge in [0.05, 0.1) is 0 Å². The van der Waals surface area contributed by atoms with Gasteiger partial charge in [-0.1, -0.05) is 11.6 Å². The predicted octanol–water partition coefficient (Wildman–Crippen LogP) is 1.17. The Morgan fingerprint density at radius 3 is 2.64 bits per heavy atom. The van der Waals surface area contributed by atoms with Crippen LogP contribution in [0.4, 0.5) is 14.6 Å². The molecule has 1 aromatic heterocycles. The molecule has 1 rings (SSSR count). The quantitative estimate of drug-likeness (QED) is 0.805. The maximum atomic E-state index is 11.9. The molecule has 1 aromatic rings. The Kier molecular flexibility index (Phi) is 3.97. The normalized spacial score (nSPS) is 12.9. The zero-order chi connectivity index (χ0) is 10.6. The van der Waals surface area contributed by atoms with E-state index in [4.69, 9.17) is 16.7 Å². The maximum Gasteiger partial charge on any atom is 0.265 e. The van der Waals surface area contributed by atoms with E-state index in [0.717, 1.165) is 0 Å². The van der Waals surface area contributed by atoms with E-state index in [2.05, 4.69) is 15.3 Å². The molecule has 0 spiro atoms. The third-order valence-electron chi connectivity index (χ3n) is 1.42. The Hall–Kier alpha value is -1.01. The number of hydrogen-bond donors (Lipinski definition) is 2. The van der Waals surface area contributed by atoms with E-state index >= 15 is 0 Å². The van der Waals surface area contributed by atoms with Crippen LogP contribution in [0.25, 0.3) is 0 Å². The molecule has 78 valence electrons. The Labute approximate surface area is 83.9 Å². The highest BCUT2D eigenvalue weighted by molar-refractivity contribution is 6.31. The largest absolute Gasteiger partial charge is 0.385 e. The third kappa shape index (κ3) is 3.04. The van der Waals surface area contributed by atoms with Gasteiger partial charge in [0.1, 0.15) is 6.10 Å². The van der Waals surface area contributed by atoms with Crippen LogP contribution in [0.2, 0.25) is 5.15 Å². The van der Waals surface area contributed by atoms with E-state index in [9.17, 15) is 8.78 Å². The van der Waals surface area contributed by atoms with Crippen molar-refractivity contribution >= 4 is 17.4 Å². The van der Waals surface area contributed by atoms with E-state index in [1.165, 1.54) is 12.4 Å². The highest BCUT2D eigenvalue weighted by Crippen LogP contribution is 2.14. The number of hydrogen-bond acceptors (Lipinski definition) is 4. The molecule has 0 saturated carbocycles. The van der Waals surface area contributed by atoms with Crippen molar-refractivity contribution in [2.24, 2.45) is 0 Å². The van der Waals surface area contributed by atoms with E-state index in [1.807, 2.05) is 0 Å². The van der Waals surface area contributed by atoms with Crippen LogP contribution in [0.15, 0.2) is 12.4 Å². The van der Waals surface area contributed by atoms with E-state index < -0.39 is 12.5 Å². The second kappa shape index (κ2) is 5.02. The van der Waals surface area contributed by atoms with Crippen LogP contribution in [0.5, 0.6) is 0 Å². The average Bonchev–Trinajstić information content (AvgIpc) is 2.16. The molecule has 1 unspecified atom stereocenters. The average molecular weight is 224 g/mol. The standard InChI is InChI=1S/C7H8ClF2N3O/c8-5-7(12-2-1-11-5)13-3-4(14)6(9)10/h1-2,4,6,14H,3H2,(H,12,13). The number of aliphatic hydroxyl groups excluding tert-OH is 1. The first-order valence-electron chi connectivity index (χ1n) is 3.78. The zero-order valence-electron chi connectivity index (χ0n) is 6.99. The number of aliphatic hydroxyl groups is 1. The molecule has 0 amide bonds. The monoisotopic (exact) mass is 223 g/mol. The lowest BCUT2D eigenvalue weighted by atomic mass is 10.4. The summed E-state index contributed by atoms with van der Waals surface area (Å²) in [5, 5.41) is 11.3. The van der Waals surface area contributed by atoms with Gasteiger partial charge in [-0.05, 0) is 0 Å². The van der Waals surface area contributed by atoms with Crippen molar-refractivity contribution in [1.29, 1.82) is 0 Å². The van der Waals surface area contributed by atoms with Crippen LogP contribution in [-0.4, -0.2) is 34.1 Å². The van der Waals surface area contributed by atoms with Crippen LogP contribution in [0, 0.1) is 0 Å². The molecule has 1 heterocycles. The van der Waals surface area contributed by atoms with Crippen LogP contribution in [-0.2, 0) is 0 Å². The minimum absolute atomic E-state index is 0.0777. The molecule has 4 nitrogen and oxygen atoms in total. The number of aromatic nitrogens is 2. The summed E-state index contributed by atoms with van der Waals surface area (Å²) in [6, 6.07) is 0. The number of rotatable bonds is 4. The number of anilines is 1. The molecule has 14 heavy (non-hydrogen) atoms. The molecule has 0 radical (unpaired) electrons. The first kappa shape index (κ1) is 11.1. The van der Waals surface area contributed by atoms with E-state index in [0.29, 0.717) is 0 Å². The molecule has 2 N–H and O–H groups in total. The van der Waals surface area contributed by atoms with Crippen molar-refractivity contribution in [3.05, 3.63) is 17.5 Å². The van der Waals surface area contributed by atoms with Gasteiger partial charge in [0.15, 0.2) is 11.0 Å². The summed E-state index contributed by atoms with van der Waals surface area (Å²) in [6.07, 6.45) is -1.80. The van der Waals surface area contributed by atoms with Crippen molar-refractivity contribution in [3.63, 3.8) is 0 Å². The van der Waals surface area contributed by atoms with Crippen LogP contribution >= 0.6 is 11.6 Å². The summed E-state index contributed by atoms with van der Waals surface area (Å²) in [5.41, 5.74) is 0. The van der Waals surface area contributed by atoms with Gasteiger partial charge in [0, 0.05) is 18.9 Å². The molecule has 1 atom stereocenters. The van der Waals surface area contributed by atoms with Gasteiger partial charge in [-0.15, -0.1) is 0 Å². The van der Waals surface area contributed by atoms with Crippen LogP contribution in [0.1, 0.15) is 0 Å². The van der Waals surface area contributed by atoms with Gasteiger partial charge >= 0.3 is 0 Å². The van der Waals surface area contributed by atoms with Crippen molar-refractivity contribution in [2.75, 3.05) is 11.9 Å². The molecule has 0 bridgehead atoms. The Morgan fingerprint density at radius 1 is 1.43 bits per heavy atom. The molecule has 7 heteroatoms. The predicted molar refractivity (Wildman–Crippen MR) is 47.5 cm³/mol. The highest BCUT2D eigenvalue weighted by atomic mass is 35.5. The SMILES string of the molecule is OC(CNc1nccnc1Cl)C(F)F. The molecule has 0 aliphatic rings. The molecular weight excluding hydrogens is 216 g/mol. The summed E-state index contributed by atoms with van der Waals surface area (Å²) in [4.78, 5) is 7.42. The van der Waals surface area contributed by atoms with E-state index in [-0.39, 0.29) is 17.5 Å². The molecule has 0 aliphatic heterocycles. The van der Waals surface area contributed by atoms with Gasteiger partial charge < -0.3 is 10.4 Å². The second-order valence-corrected chi connectivity index (χ2v) is 2.84. The van der Waals surface area contributed by atoms with Gasteiger partial charge in [-0.2, -0.15) is 0 Å². The van der Waals surface area contributed by atoms with Gasteiger partial charge in [0.25, 0.3) is 6.43 Å². The topological polar surface area (TPSA) is 58.0 Å². The minimum Gasteiger partial charge on any atom is -0.385 e. The fourth-order valence-corrected chi connectivity index (χ4v) is 0.902. The lowest BCUT2D eigenvalue weighted by molar-refractivity contribution is 0.00380. The van der Waals surface area contributed by atoms with Crippen molar-refractivity contribution in [1.82, 2.24) is 9.97 Å². The fourth-order valence-electron chi connectivity index (χ4n) is 0.730. The Bertz CT molecular complexity index is 300. The molecule has 0 aromatic carbocycles. The lowest BCUT2D eigenvalue weighted by Crippen LogP contribution is -2.27. The molecule has 0 saturated heterocycles. The zero-order valence-corrected chi connectivity index (χ0v) is 7.75. The van der Waals surface area contributed by atoms with Crippen molar-refractivity contribution in [2.45, 2.75) is 12.5 Å². The molecule has 0 aliphatic carbocycles. The minimum atomic E-state index is -2.79. The summed E-state index contributed by atoms with van der Waals surface area (Å²) >= 11 is 5.58. The Morgan fingerprint density at radius 2 is 2.07 bits per heavy atom. The maximum absolute atomic E-state index is 11.9. The van der Waals surface area contributed by atoms with Crippen molar-refractivity contribution in [3.8, 4) is 0 Å². The highest BCUT2D eigenvalue weighted by Gasteiger charge is 2.16. The number of nitrogens with one attached hydrogen (secondary N) is 1. The third-order valence-corrected chi connectivity index (χ3v) is 1.70. The summed E-state index contributed by atoms with van der Waals surface area (Å²) in [7, 11) is 0. The van der Waals surface area contributed by atoms with Gasteiger partial charge in [-0.3, -0.25) is 0 Å². The van der Waals surface area contributed by atoms with E-state index in [1.54, 1.807) is 0 Å². The summed E-state index contributed by atoms with van der Waals surface area (Å²) in [6.45, 7) is -0.323. The number of alkyl halides is 2. The molecular formula is C7H8ClF2N3O. The van der Waals surface area contributed by atoms with Crippen LogP contribution < -0.4 is 5.32 Å². The second-order valence-electron chi connectivity index (χ2n) is 2.48. The smallest absolute Gasteiger partial charge is 0.265 e. The van der Waals surface area contributed by atoms with Crippen molar-refractivity contribution < 1.29 is 13.9 Å². The van der Waals surface area contributed by atoms with Gasteiger partial charge in [-0.25, -0.2) is 18.7 Å². The first-order chi connectivity index (χ1) is 6.61. The number of halogens is 3. The first-order valence-corrected chi connectivity index (χ1v) is 4.15. The van der Waals surface area contributed by atoms with Gasteiger partial charge in [0.2, 0.25) is 0 Å². The lowest BCUT2D eigenvalue weighted by Gasteiger charge is -2.11. The molecule has 0 fully saturated rings.